The standard InChI is InChI=1S/C7H12O3/c1-5(10-6(2)8)3-7-4-9-7/h6-8H,1,3-4H2,2H3. The summed E-state index contributed by atoms with van der Waals surface area (Å²) in [5, 5.41) is 8.73. The van der Waals surface area contributed by atoms with Crippen LogP contribution in [0, 0.1) is 0 Å². The molecular formula is C7H12O3. The van der Waals surface area contributed by atoms with E-state index in [4.69, 9.17) is 14.6 Å². The zero-order valence-corrected chi connectivity index (χ0v) is 6.04. The Bertz CT molecular complexity index is 121. The normalized spacial score (nSPS) is 25.6. The second-order valence-corrected chi connectivity index (χ2v) is 2.42. The Morgan fingerprint density at radius 2 is 2.60 bits per heavy atom. The molecule has 0 amide bonds. The third-order valence-corrected chi connectivity index (χ3v) is 1.19. The van der Waals surface area contributed by atoms with Crippen molar-refractivity contribution in [3.8, 4) is 0 Å². The summed E-state index contributed by atoms with van der Waals surface area (Å²) < 4.78 is 9.82. The number of aliphatic hydroxyl groups excluding tert-OH is 1. The Morgan fingerprint density at radius 3 is 3.00 bits per heavy atom. The van der Waals surface area contributed by atoms with E-state index in [-0.39, 0.29) is 6.10 Å². The van der Waals surface area contributed by atoms with Crippen LogP contribution in [0.2, 0.25) is 0 Å². The van der Waals surface area contributed by atoms with Crippen LogP contribution in [0.3, 0.4) is 0 Å². The second kappa shape index (κ2) is 3.03. The van der Waals surface area contributed by atoms with Crippen LogP contribution < -0.4 is 0 Å². The maximum atomic E-state index is 8.73. The first kappa shape index (κ1) is 7.57. The summed E-state index contributed by atoms with van der Waals surface area (Å²) in [4.78, 5) is 0. The largest absolute Gasteiger partial charge is 0.470 e. The zero-order chi connectivity index (χ0) is 7.56. The minimum Gasteiger partial charge on any atom is -0.470 e. The molecule has 0 saturated carbocycles. The van der Waals surface area contributed by atoms with Crippen molar-refractivity contribution < 1.29 is 14.6 Å². The maximum Gasteiger partial charge on any atom is 0.193 e. The molecule has 3 heteroatoms. The van der Waals surface area contributed by atoms with Gasteiger partial charge in [0.05, 0.1) is 18.5 Å². The molecule has 1 fully saturated rings. The molecule has 0 bridgehead atoms. The Kier molecular flexibility index (Phi) is 2.29. The van der Waals surface area contributed by atoms with Crippen molar-refractivity contribution in [3.05, 3.63) is 12.3 Å². The molecular weight excluding hydrogens is 132 g/mol. The fourth-order valence-electron chi connectivity index (χ4n) is 0.729. The van der Waals surface area contributed by atoms with E-state index in [2.05, 4.69) is 6.58 Å². The summed E-state index contributed by atoms with van der Waals surface area (Å²) in [7, 11) is 0. The van der Waals surface area contributed by atoms with Gasteiger partial charge >= 0.3 is 0 Å². The third kappa shape index (κ3) is 2.85. The van der Waals surface area contributed by atoms with Crippen LogP contribution in [0.1, 0.15) is 13.3 Å². The van der Waals surface area contributed by atoms with Crippen LogP contribution in [-0.2, 0) is 9.47 Å². The Balaban J connectivity index is 2.08. The highest BCUT2D eigenvalue weighted by atomic mass is 16.6. The maximum absolute atomic E-state index is 8.73. The molecule has 1 rings (SSSR count). The summed E-state index contributed by atoms with van der Waals surface area (Å²) >= 11 is 0. The van der Waals surface area contributed by atoms with Gasteiger partial charge in [-0.15, -0.1) is 0 Å². The predicted octanol–water partition coefficient (Wildman–Crippen LogP) is 0.644. The summed E-state index contributed by atoms with van der Waals surface area (Å²) in [6.07, 6.45) is 0.225. The van der Waals surface area contributed by atoms with Crippen LogP contribution in [0.5, 0.6) is 0 Å². The number of epoxide rings is 1. The molecule has 2 atom stereocenters. The first-order valence-electron chi connectivity index (χ1n) is 3.32. The van der Waals surface area contributed by atoms with Crippen LogP contribution >= 0.6 is 0 Å². The van der Waals surface area contributed by atoms with E-state index in [1.165, 1.54) is 0 Å². The van der Waals surface area contributed by atoms with E-state index in [9.17, 15) is 0 Å². The first-order valence-corrected chi connectivity index (χ1v) is 3.32. The van der Waals surface area contributed by atoms with Crippen molar-refractivity contribution in [1.29, 1.82) is 0 Å². The number of hydrogen-bond donors (Lipinski definition) is 1. The smallest absolute Gasteiger partial charge is 0.193 e. The lowest BCUT2D eigenvalue weighted by Crippen LogP contribution is -2.06. The van der Waals surface area contributed by atoms with E-state index < -0.39 is 6.29 Å². The van der Waals surface area contributed by atoms with E-state index in [0.717, 1.165) is 6.61 Å². The molecule has 1 aliphatic heterocycles. The van der Waals surface area contributed by atoms with E-state index >= 15 is 0 Å². The Morgan fingerprint density at radius 1 is 2.00 bits per heavy atom. The lowest BCUT2D eigenvalue weighted by atomic mass is 10.3. The average Bonchev–Trinajstić information content (AvgIpc) is 2.46. The Hall–Kier alpha value is -0.540. The van der Waals surface area contributed by atoms with Gasteiger partial charge in [0, 0.05) is 6.42 Å². The quantitative estimate of drug-likeness (QED) is 0.358. The predicted molar refractivity (Wildman–Crippen MR) is 36.3 cm³/mol. The van der Waals surface area contributed by atoms with E-state index in [0.29, 0.717) is 12.2 Å². The first-order chi connectivity index (χ1) is 4.68. The Labute approximate surface area is 60.3 Å². The van der Waals surface area contributed by atoms with Gasteiger partial charge < -0.3 is 14.6 Å². The van der Waals surface area contributed by atoms with Crippen LogP contribution in [0.4, 0.5) is 0 Å². The minimum absolute atomic E-state index is 0.284. The highest BCUT2D eigenvalue weighted by Gasteiger charge is 2.23. The summed E-state index contributed by atoms with van der Waals surface area (Å²) in [5.41, 5.74) is 0. The summed E-state index contributed by atoms with van der Waals surface area (Å²) in [6.45, 7) is 5.96. The fourth-order valence-corrected chi connectivity index (χ4v) is 0.729. The number of aliphatic hydroxyl groups is 1. The molecule has 1 saturated heterocycles. The molecule has 0 aromatic rings. The van der Waals surface area contributed by atoms with Crippen molar-refractivity contribution in [2.45, 2.75) is 25.7 Å². The highest BCUT2D eigenvalue weighted by molar-refractivity contribution is 4.90. The van der Waals surface area contributed by atoms with Crippen LogP contribution in [-0.4, -0.2) is 24.1 Å². The number of ether oxygens (including phenoxy) is 2. The van der Waals surface area contributed by atoms with Crippen molar-refractivity contribution in [3.63, 3.8) is 0 Å². The molecule has 0 aromatic carbocycles. The molecule has 0 aromatic heterocycles. The lowest BCUT2D eigenvalue weighted by molar-refractivity contribution is -0.0523. The molecule has 1 heterocycles. The molecule has 10 heavy (non-hydrogen) atoms. The second-order valence-electron chi connectivity index (χ2n) is 2.42. The van der Waals surface area contributed by atoms with Crippen molar-refractivity contribution >= 4 is 0 Å². The van der Waals surface area contributed by atoms with Gasteiger partial charge in [-0.2, -0.15) is 0 Å². The van der Waals surface area contributed by atoms with Gasteiger partial charge in [-0.3, -0.25) is 0 Å². The molecule has 3 nitrogen and oxygen atoms in total. The van der Waals surface area contributed by atoms with Crippen molar-refractivity contribution in [2.75, 3.05) is 6.61 Å². The zero-order valence-electron chi connectivity index (χ0n) is 6.04. The molecule has 58 valence electrons. The number of hydrogen-bond acceptors (Lipinski definition) is 3. The fraction of sp³-hybridized carbons (Fsp3) is 0.714. The molecule has 1 N–H and O–H groups in total. The average molecular weight is 144 g/mol. The van der Waals surface area contributed by atoms with Crippen molar-refractivity contribution in [1.82, 2.24) is 0 Å². The molecule has 1 aliphatic rings. The van der Waals surface area contributed by atoms with Gasteiger partial charge in [0.15, 0.2) is 6.29 Å². The molecule has 0 aliphatic carbocycles. The van der Waals surface area contributed by atoms with Gasteiger partial charge in [0.25, 0.3) is 0 Å². The lowest BCUT2D eigenvalue weighted by Gasteiger charge is -2.09. The van der Waals surface area contributed by atoms with Crippen LogP contribution in [0.15, 0.2) is 12.3 Å². The molecule has 0 radical (unpaired) electrons. The van der Waals surface area contributed by atoms with Gasteiger partial charge in [-0.05, 0) is 6.92 Å². The van der Waals surface area contributed by atoms with Gasteiger partial charge in [0.1, 0.15) is 0 Å². The topological polar surface area (TPSA) is 42.0 Å². The number of rotatable bonds is 4. The minimum atomic E-state index is -0.758. The van der Waals surface area contributed by atoms with Crippen molar-refractivity contribution in [2.24, 2.45) is 0 Å². The van der Waals surface area contributed by atoms with Gasteiger partial charge in [-0.1, -0.05) is 6.58 Å². The van der Waals surface area contributed by atoms with E-state index in [1.54, 1.807) is 6.92 Å². The van der Waals surface area contributed by atoms with Crippen LogP contribution in [0.25, 0.3) is 0 Å². The van der Waals surface area contributed by atoms with E-state index in [1.807, 2.05) is 0 Å². The monoisotopic (exact) mass is 144 g/mol. The third-order valence-electron chi connectivity index (χ3n) is 1.19. The van der Waals surface area contributed by atoms with Gasteiger partial charge in [-0.25, -0.2) is 0 Å². The molecule has 0 spiro atoms. The summed E-state index contributed by atoms with van der Waals surface area (Å²) in [5.74, 6) is 0.595. The SMILES string of the molecule is C=C(CC1CO1)OC(C)O. The summed E-state index contributed by atoms with van der Waals surface area (Å²) in [6, 6.07) is 0. The molecule has 2 unspecified atom stereocenters. The van der Waals surface area contributed by atoms with Gasteiger partial charge in [0.2, 0.25) is 0 Å². The highest BCUT2D eigenvalue weighted by Crippen LogP contribution is 2.18.